The van der Waals surface area contributed by atoms with Crippen LogP contribution in [0.25, 0.3) is 10.9 Å². The van der Waals surface area contributed by atoms with Crippen LogP contribution in [-0.4, -0.2) is 32.8 Å². The van der Waals surface area contributed by atoms with Crippen molar-refractivity contribution >= 4 is 40.0 Å². The summed E-state index contributed by atoms with van der Waals surface area (Å²) in [6, 6.07) is 4.14. The van der Waals surface area contributed by atoms with Crippen LogP contribution in [-0.2, 0) is 14.3 Å². The van der Waals surface area contributed by atoms with Crippen molar-refractivity contribution in [3.8, 4) is 0 Å². The molecule has 0 aliphatic carbocycles. The van der Waals surface area contributed by atoms with Crippen LogP contribution in [0.3, 0.4) is 0 Å². The fourth-order valence-corrected chi connectivity index (χ4v) is 3.71. The summed E-state index contributed by atoms with van der Waals surface area (Å²) in [4.78, 5) is 42.5. The third-order valence-electron chi connectivity index (χ3n) is 4.35. The summed E-state index contributed by atoms with van der Waals surface area (Å²) in [7, 11) is 0. The van der Waals surface area contributed by atoms with Gasteiger partial charge in [0.1, 0.15) is 11.9 Å². The number of H-pyrrole nitrogens is 1. The van der Waals surface area contributed by atoms with E-state index in [0.29, 0.717) is 28.6 Å². The molecule has 3 aromatic rings. The molecule has 2 heterocycles. The number of carbonyl (C=O) groups excluding carboxylic acids is 2. The van der Waals surface area contributed by atoms with Crippen LogP contribution in [0.4, 0.5) is 4.39 Å². The van der Waals surface area contributed by atoms with Gasteiger partial charge >= 0.3 is 41.5 Å². The SMILES string of the molecule is CC[C@H](OC(=O)CCCC(=O)O)c1csc(C(=O)c2c[nH]c3cc(F)ccc23)n1.[H-].[Na+]. The molecule has 1 atom stereocenters. The first-order valence-corrected chi connectivity index (χ1v) is 9.95. The second-order valence-corrected chi connectivity index (χ2v) is 7.29. The first-order valence-electron chi connectivity index (χ1n) is 9.07. The molecule has 10 heteroatoms. The number of benzene rings is 1. The minimum absolute atomic E-state index is 0. The molecule has 7 nitrogen and oxygen atoms in total. The number of nitrogens with one attached hydrogen (secondary N) is 1. The monoisotopic (exact) mass is 442 g/mol. The van der Waals surface area contributed by atoms with E-state index in [4.69, 9.17) is 9.84 Å². The molecule has 0 aliphatic rings. The van der Waals surface area contributed by atoms with E-state index in [2.05, 4.69) is 9.97 Å². The largest absolute Gasteiger partial charge is 1.00 e. The third-order valence-corrected chi connectivity index (χ3v) is 5.21. The fourth-order valence-electron chi connectivity index (χ4n) is 2.89. The maximum atomic E-state index is 13.3. The number of fused-ring (bicyclic) bond motifs is 1. The molecule has 3 rings (SSSR count). The number of hydrogen-bond acceptors (Lipinski definition) is 6. The number of ketones is 1. The van der Waals surface area contributed by atoms with Crippen LogP contribution in [0.1, 0.15) is 61.2 Å². The second-order valence-electron chi connectivity index (χ2n) is 6.43. The molecule has 0 spiro atoms. The molecule has 2 aromatic heterocycles. The van der Waals surface area contributed by atoms with Gasteiger partial charge in [-0.1, -0.05) is 6.92 Å². The number of thiazole rings is 1. The second kappa shape index (κ2) is 10.8. The summed E-state index contributed by atoms with van der Waals surface area (Å²) in [6.07, 6.45) is 1.48. The maximum Gasteiger partial charge on any atom is 1.00 e. The Kier molecular flexibility index (Phi) is 8.72. The summed E-state index contributed by atoms with van der Waals surface area (Å²) in [6.45, 7) is 1.82. The van der Waals surface area contributed by atoms with Crippen LogP contribution in [0, 0.1) is 5.82 Å². The first-order chi connectivity index (χ1) is 13.9. The van der Waals surface area contributed by atoms with Crippen molar-refractivity contribution in [2.24, 2.45) is 0 Å². The molecule has 30 heavy (non-hydrogen) atoms. The van der Waals surface area contributed by atoms with Gasteiger partial charge < -0.3 is 16.3 Å². The normalized spacial score (nSPS) is 11.7. The van der Waals surface area contributed by atoms with E-state index < -0.39 is 23.9 Å². The average molecular weight is 442 g/mol. The average Bonchev–Trinajstić information content (AvgIpc) is 3.32. The molecule has 0 amide bonds. The van der Waals surface area contributed by atoms with Crippen LogP contribution < -0.4 is 29.6 Å². The van der Waals surface area contributed by atoms with Crippen LogP contribution in [0.5, 0.6) is 0 Å². The Bertz CT molecular complexity index is 1070. The predicted octanol–water partition coefficient (Wildman–Crippen LogP) is 1.36. The minimum atomic E-state index is -0.965. The number of esters is 1. The number of rotatable bonds is 9. The zero-order valence-corrected chi connectivity index (χ0v) is 19.4. The van der Waals surface area contributed by atoms with Gasteiger partial charge in [-0.25, -0.2) is 9.37 Å². The van der Waals surface area contributed by atoms with E-state index in [0.717, 1.165) is 11.3 Å². The quantitative estimate of drug-likeness (QED) is 0.294. The summed E-state index contributed by atoms with van der Waals surface area (Å²) in [5.74, 6) is -2.17. The Labute approximate surface area is 199 Å². The van der Waals surface area contributed by atoms with Gasteiger partial charge in [-0.15, -0.1) is 11.3 Å². The zero-order valence-electron chi connectivity index (χ0n) is 17.6. The smallest absolute Gasteiger partial charge is 1.00 e. The van der Waals surface area contributed by atoms with Crippen molar-refractivity contribution in [1.82, 2.24) is 9.97 Å². The number of carboxylic acids is 1. The van der Waals surface area contributed by atoms with Crippen molar-refractivity contribution in [3.05, 3.63) is 51.9 Å². The van der Waals surface area contributed by atoms with Gasteiger partial charge in [0.15, 0.2) is 5.01 Å². The molecule has 154 valence electrons. The van der Waals surface area contributed by atoms with Gasteiger partial charge in [-0.05, 0) is 31.0 Å². The molecule has 0 saturated carbocycles. The van der Waals surface area contributed by atoms with E-state index in [1.165, 1.54) is 24.4 Å². The molecule has 0 fully saturated rings. The van der Waals surface area contributed by atoms with E-state index in [1.807, 2.05) is 6.92 Å². The number of nitrogens with zero attached hydrogens (tertiary/aromatic N) is 1. The molecule has 2 N–H and O–H groups in total. The fraction of sp³-hybridized carbons (Fsp3) is 0.300. The van der Waals surface area contributed by atoms with E-state index in [-0.39, 0.29) is 61.0 Å². The Morgan fingerprint density at radius 2 is 2.10 bits per heavy atom. The van der Waals surface area contributed by atoms with Crippen molar-refractivity contribution < 1.29 is 59.6 Å². The van der Waals surface area contributed by atoms with E-state index in [1.54, 1.807) is 5.38 Å². The number of carboxylic acid groups (broad SMARTS) is 1. The van der Waals surface area contributed by atoms with Crippen LogP contribution in [0.15, 0.2) is 29.8 Å². The number of carbonyl (C=O) groups is 3. The molecular formula is C20H20FN2NaO5S. The van der Waals surface area contributed by atoms with Crippen molar-refractivity contribution in [2.45, 2.75) is 38.7 Å². The molecule has 0 saturated heterocycles. The number of aliphatic carboxylic acids is 1. The Morgan fingerprint density at radius 1 is 1.33 bits per heavy atom. The molecular weight excluding hydrogens is 422 g/mol. The minimum Gasteiger partial charge on any atom is -1.00 e. The van der Waals surface area contributed by atoms with Gasteiger partial charge in [0.05, 0.1) is 11.3 Å². The maximum absolute atomic E-state index is 13.3. The summed E-state index contributed by atoms with van der Waals surface area (Å²) in [5, 5.41) is 11.1. The molecule has 0 radical (unpaired) electrons. The Morgan fingerprint density at radius 3 is 2.80 bits per heavy atom. The molecule has 1 aromatic carbocycles. The number of aromatic nitrogens is 2. The third kappa shape index (κ3) is 5.75. The summed E-state index contributed by atoms with van der Waals surface area (Å²) >= 11 is 1.14. The number of halogens is 1. The van der Waals surface area contributed by atoms with Crippen molar-refractivity contribution in [1.29, 1.82) is 0 Å². The summed E-state index contributed by atoms with van der Waals surface area (Å²) < 4.78 is 18.7. The van der Waals surface area contributed by atoms with Gasteiger partial charge in [-0.2, -0.15) is 0 Å². The Hall–Kier alpha value is -2.07. The van der Waals surface area contributed by atoms with Crippen LogP contribution >= 0.6 is 11.3 Å². The Balaban J connectivity index is 0.00000240. The van der Waals surface area contributed by atoms with E-state index >= 15 is 0 Å². The predicted molar refractivity (Wildman–Crippen MR) is 106 cm³/mol. The number of ether oxygens (including phenoxy) is 1. The summed E-state index contributed by atoms with van der Waals surface area (Å²) in [5.41, 5.74) is 1.38. The zero-order chi connectivity index (χ0) is 21.0. The topological polar surface area (TPSA) is 109 Å². The van der Waals surface area contributed by atoms with Gasteiger partial charge in [-0.3, -0.25) is 14.4 Å². The number of aromatic amines is 1. The molecule has 0 aliphatic heterocycles. The van der Waals surface area contributed by atoms with Gasteiger partial charge in [0, 0.05) is 35.3 Å². The van der Waals surface area contributed by atoms with Gasteiger partial charge in [0.25, 0.3) is 0 Å². The van der Waals surface area contributed by atoms with Crippen molar-refractivity contribution in [2.75, 3.05) is 0 Å². The molecule has 0 bridgehead atoms. The molecule has 0 unspecified atom stereocenters. The number of hydrogen-bond donors (Lipinski definition) is 2. The standard InChI is InChI=1S/C20H19FN2O5S.Na.H/c1-2-16(28-18(26)5-3-4-17(24)25)15-10-29-20(23-15)19(27)13-9-22-14-8-11(21)6-7-12(13)14;;/h6-10,16,22H,2-5H2,1H3,(H,24,25);;/q;+1;-1/t16-;;/m0../s1. The van der Waals surface area contributed by atoms with Crippen molar-refractivity contribution in [3.63, 3.8) is 0 Å². The van der Waals surface area contributed by atoms with Crippen LogP contribution in [0.2, 0.25) is 0 Å². The first kappa shape index (κ1) is 24.2. The van der Waals surface area contributed by atoms with E-state index in [9.17, 15) is 18.8 Å². The van der Waals surface area contributed by atoms with Gasteiger partial charge in [0.2, 0.25) is 5.78 Å².